The maximum atomic E-state index is 11.8. The number of rotatable bonds is 5. The number of nitrogens with one attached hydrogen (secondary N) is 1. The van der Waals surface area contributed by atoms with Gasteiger partial charge in [0, 0.05) is 12.0 Å². The predicted molar refractivity (Wildman–Crippen MR) is 108 cm³/mol. The first-order chi connectivity index (χ1) is 14.0. The summed E-state index contributed by atoms with van der Waals surface area (Å²) in [4.78, 5) is 23.6. The van der Waals surface area contributed by atoms with Crippen LogP contribution in [-0.4, -0.2) is 35.2 Å². The molecule has 5 heteroatoms. The summed E-state index contributed by atoms with van der Waals surface area (Å²) in [6, 6.07) is 19.0. The normalized spacial score (nSPS) is 32.0. The van der Waals surface area contributed by atoms with Crippen LogP contribution in [0.5, 0.6) is 0 Å². The second kappa shape index (κ2) is 6.42. The molecule has 2 fully saturated rings. The van der Waals surface area contributed by atoms with Crippen molar-refractivity contribution in [3.63, 3.8) is 0 Å². The van der Waals surface area contributed by atoms with Gasteiger partial charge in [-0.2, -0.15) is 0 Å². The molecule has 2 bridgehead atoms. The number of carboxylic acid groups (broad SMARTS) is 2. The fraction of sp³-hybridized carbons (Fsp3) is 0.417. The molecule has 5 nitrogen and oxygen atoms in total. The molecule has 0 aromatic heterocycles. The minimum atomic E-state index is -1.38. The molecule has 1 saturated carbocycles. The van der Waals surface area contributed by atoms with Crippen molar-refractivity contribution in [2.45, 2.75) is 30.6 Å². The molecule has 4 aliphatic rings. The van der Waals surface area contributed by atoms with Crippen molar-refractivity contribution in [3.05, 3.63) is 71.3 Å². The van der Waals surface area contributed by atoms with Crippen LogP contribution in [0.3, 0.4) is 0 Å². The van der Waals surface area contributed by atoms with Gasteiger partial charge in [-0.3, -0.25) is 9.59 Å². The topological polar surface area (TPSA) is 86.6 Å². The van der Waals surface area contributed by atoms with Crippen molar-refractivity contribution < 1.29 is 19.8 Å². The number of hydrogen-bond donors (Lipinski definition) is 3. The molecular weight excluding hydrogens is 366 g/mol. The highest BCUT2D eigenvalue weighted by molar-refractivity contribution is 5.93. The average Bonchev–Trinajstić information content (AvgIpc) is 3.19. The minimum absolute atomic E-state index is 0.170. The predicted octanol–water partition coefficient (Wildman–Crippen LogP) is 3.25. The van der Waals surface area contributed by atoms with Crippen LogP contribution in [-0.2, 0) is 15.0 Å². The number of hydrogen-bond acceptors (Lipinski definition) is 3. The zero-order valence-corrected chi connectivity index (χ0v) is 16.2. The zero-order chi connectivity index (χ0) is 20.2. The van der Waals surface area contributed by atoms with Crippen molar-refractivity contribution >= 4 is 11.9 Å². The van der Waals surface area contributed by atoms with Crippen molar-refractivity contribution in [1.29, 1.82) is 0 Å². The largest absolute Gasteiger partial charge is 0.481 e. The molecule has 1 saturated heterocycles. The van der Waals surface area contributed by atoms with E-state index < -0.39 is 17.9 Å². The zero-order valence-electron chi connectivity index (χ0n) is 16.2. The molecular formula is C24H25NO4. The fourth-order valence-electron chi connectivity index (χ4n) is 6.89. The summed E-state index contributed by atoms with van der Waals surface area (Å²) >= 11 is 0. The van der Waals surface area contributed by atoms with Gasteiger partial charge in [0.15, 0.2) is 5.92 Å². The summed E-state index contributed by atoms with van der Waals surface area (Å²) < 4.78 is 0. The van der Waals surface area contributed by atoms with Gasteiger partial charge in [-0.15, -0.1) is 0 Å². The molecule has 3 aliphatic carbocycles. The molecule has 0 spiro atoms. The quantitative estimate of drug-likeness (QED) is 0.681. The summed E-state index contributed by atoms with van der Waals surface area (Å²) in [6.45, 7) is 1.45. The second-order valence-corrected chi connectivity index (χ2v) is 8.87. The number of fused-ring (bicyclic) bond motifs is 1. The summed E-state index contributed by atoms with van der Waals surface area (Å²) in [7, 11) is 0. The Kier molecular flexibility index (Phi) is 4.07. The Bertz CT molecular complexity index is 960. The lowest BCUT2D eigenvalue weighted by Crippen LogP contribution is -2.58. The summed E-state index contributed by atoms with van der Waals surface area (Å²) in [5.41, 5.74) is 3.29. The van der Waals surface area contributed by atoms with E-state index in [0.717, 1.165) is 19.4 Å². The first kappa shape index (κ1) is 18.4. The van der Waals surface area contributed by atoms with Gasteiger partial charge in [0.2, 0.25) is 0 Å². The molecule has 3 N–H and O–H groups in total. The molecule has 2 aromatic carbocycles. The molecule has 0 amide bonds. The lowest BCUT2D eigenvalue weighted by atomic mass is 9.41. The Hall–Kier alpha value is -2.66. The van der Waals surface area contributed by atoms with Gasteiger partial charge >= 0.3 is 11.9 Å². The van der Waals surface area contributed by atoms with E-state index in [9.17, 15) is 19.8 Å². The molecule has 4 atom stereocenters. The second-order valence-electron chi connectivity index (χ2n) is 8.87. The third-order valence-corrected chi connectivity index (χ3v) is 7.90. The van der Waals surface area contributed by atoms with Crippen molar-refractivity contribution in [3.8, 4) is 0 Å². The summed E-state index contributed by atoms with van der Waals surface area (Å²) in [5.74, 6) is -3.49. The van der Waals surface area contributed by atoms with Crippen molar-refractivity contribution in [2.24, 2.45) is 17.3 Å². The maximum Gasteiger partial charge on any atom is 0.317 e. The molecule has 0 radical (unpaired) electrons. The van der Waals surface area contributed by atoms with Crippen molar-refractivity contribution in [1.82, 2.24) is 5.32 Å². The Labute approximate surface area is 169 Å². The van der Waals surface area contributed by atoms with E-state index >= 15 is 0 Å². The number of benzene rings is 2. The van der Waals surface area contributed by atoms with E-state index in [2.05, 4.69) is 53.8 Å². The Morgan fingerprint density at radius 3 is 2.45 bits per heavy atom. The number of aliphatic carboxylic acids is 2. The molecule has 150 valence electrons. The van der Waals surface area contributed by atoms with Crippen LogP contribution in [0, 0.1) is 17.3 Å². The van der Waals surface area contributed by atoms with Crippen LogP contribution in [0.2, 0.25) is 0 Å². The van der Waals surface area contributed by atoms with Crippen LogP contribution in [0.15, 0.2) is 54.6 Å². The van der Waals surface area contributed by atoms with E-state index in [-0.39, 0.29) is 29.1 Å². The van der Waals surface area contributed by atoms with E-state index in [0.29, 0.717) is 6.54 Å². The lowest BCUT2D eigenvalue weighted by Gasteiger charge is -2.61. The van der Waals surface area contributed by atoms with Crippen LogP contribution < -0.4 is 5.32 Å². The third kappa shape index (κ3) is 2.37. The SMILES string of the molecule is O=C(O)C(CC12CNCC1C1(c3ccccc3)CCC2c2ccccc21)C(=O)O. The van der Waals surface area contributed by atoms with Gasteiger partial charge in [0.05, 0.1) is 0 Å². The van der Waals surface area contributed by atoms with Gasteiger partial charge in [0.25, 0.3) is 0 Å². The van der Waals surface area contributed by atoms with Crippen LogP contribution in [0.1, 0.15) is 41.9 Å². The van der Waals surface area contributed by atoms with E-state index in [1.54, 1.807) is 0 Å². The van der Waals surface area contributed by atoms with Crippen LogP contribution in [0.4, 0.5) is 0 Å². The van der Waals surface area contributed by atoms with Gasteiger partial charge in [0.1, 0.15) is 0 Å². The van der Waals surface area contributed by atoms with E-state index in [1.165, 1.54) is 16.7 Å². The lowest BCUT2D eigenvalue weighted by molar-refractivity contribution is -0.157. The highest BCUT2D eigenvalue weighted by Gasteiger charge is 2.66. The Morgan fingerprint density at radius 2 is 1.72 bits per heavy atom. The molecule has 6 rings (SSSR count). The monoisotopic (exact) mass is 391 g/mol. The average molecular weight is 391 g/mol. The molecule has 4 unspecified atom stereocenters. The highest BCUT2D eigenvalue weighted by Crippen LogP contribution is 2.69. The first-order valence-electron chi connectivity index (χ1n) is 10.3. The van der Waals surface area contributed by atoms with Gasteiger partial charge in [-0.1, -0.05) is 54.6 Å². The van der Waals surface area contributed by atoms with Crippen molar-refractivity contribution in [2.75, 3.05) is 13.1 Å². The smallest absolute Gasteiger partial charge is 0.317 e. The van der Waals surface area contributed by atoms with Gasteiger partial charge in [-0.25, -0.2) is 0 Å². The molecule has 2 aromatic rings. The maximum absolute atomic E-state index is 11.8. The minimum Gasteiger partial charge on any atom is -0.481 e. The summed E-state index contributed by atoms with van der Waals surface area (Å²) in [6.07, 6.45) is 2.14. The van der Waals surface area contributed by atoms with Gasteiger partial charge < -0.3 is 15.5 Å². The molecule has 1 aliphatic heterocycles. The van der Waals surface area contributed by atoms with E-state index in [1.807, 2.05) is 6.07 Å². The van der Waals surface area contributed by atoms with Crippen LogP contribution in [0.25, 0.3) is 0 Å². The Morgan fingerprint density at radius 1 is 1.03 bits per heavy atom. The molecule has 1 heterocycles. The third-order valence-electron chi connectivity index (χ3n) is 7.90. The van der Waals surface area contributed by atoms with Gasteiger partial charge in [-0.05, 0) is 59.7 Å². The first-order valence-corrected chi connectivity index (χ1v) is 10.3. The number of carboxylic acids is 2. The number of carbonyl (C=O) groups is 2. The fourth-order valence-corrected chi connectivity index (χ4v) is 6.89. The van der Waals surface area contributed by atoms with Crippen LogP contribution >= 0.6 is 0 Å². The summed E-state index contributed by atoms with van der Waals surface area (Å²) in [5, 5.41) is 22.8. The highest BCUT2D eigenvalue weighted by atomic mass is 16.4. The standard InChI is InChI=1S/C24H25NO4/c26-21(27)17(22(28)29)12-23-14-25-13-20(23)24(15-6-2-1-3-7-15)11-10-18(23)16-8-4-5-9-19(16)24/h1-9,17-18,20,25H,10-14H2,(H,26,27)(H,28,29). The Balaban J connectivity index is 1.74. The van der Waals surface area contributed by atoms with E-state index in [4.69, 9.17) is 0 Å². The molecule has 29 heavy (non-hydrogen) atoms.